The molecule has 0 heterocycles. The van der Waals surface area contributed by atoms with Gasteiger partial charge in [0.1, 0.15) is 5.75 Å². The van der Waals surface area contributed by atoms with E-state index in [0.29, 0.717) is 17.2 Å². The van der Waals surface area contributed by atoms with Gasteiger partial charge >= 0.3 is 0 Å². The summed E-state index contributed by atoms with van der Waals surface area (Å²) in [5.74, 6) is 4.72. The Hall–Kier alpha value is -1.64. The molecule has 0 saturated heterocycles. The summed E-state index contributed by atoms with van der Waals surface area (Å²) in [6.45, 7) is 1.03. The van der Waals surface area contributed by atoms with E-state index in [0.717, 1.165) is 12.3 Å². The van der Waals surface area contributed by atoms with E-state index in [2.05, 4.69) is 16.6 Å². The van der Waals surface area contributed by atoms with Gasteiger partial charge in [-0.3, -0.25) is 4.79 Å². The average molecular weight is 278 g/mol. The van der Waals surface area contributed by atoms with Crippen molar-refractivity contribution in [1.82, 2.24) is 5.32 Å². The highest BCUT2D eigenvalue weighted by atomic mass is 32.2. The molecule has 1 aromatic rings. The van der Waals surface area contributed by atoms with Crippen LogP contribution in [0, 0.1) is 12.3 Å². The zero-order valence-corrected chi connectivity index (χ0v) is 11.8. The standard InChI is InChI=1S/C14H18N2O2S/c1-3-9-19-10-8-15-11-14(17)16-12-6-4-5-7-13(12)18-2/h1,4-7,15H,8-11H2,2H3,(H,16,17). The smallest absolute Gasteiger partial charge is 0.238 e. The van der Waals surface area contributed by atoms with Crippen LogP contribution in [0.5, 0.6) is 5.75 Å². The normalized spacial score (nSPS) is 9.68. The summed E-state index contributed by atoms with van der Waals surface area (Å²) < 4.78 is 5.16. The highest BCUT2D eigenvalue weighted by molar-refractivity contribution is 7.99. The number of thioether (sulfide) groups is 1. The minimum Gasteiger partial charge on any atom is -0.495 e. The minimum atomic E-state index is -0.0913. The molecule has 1 rings (SSSR count). The molecular weight excluding hydrogens is 260 g/mol. The number of nitrogens with one attached hydrogen (secondary N) is 2. The van der Waals surface area contributed by atoms with Gasteiger partial charge in [0.05, 0.1) is 25.1 Å². The third-order valence-electron chi connectivity index (χ3n) is 2.28. The summed E-state index contributed by atoms with van der Waals surface area (Å²) in [6.07, 6.45) is 5.14. The lowest BCUT2D eigenvalue weighted by Gasteiger charge is -2.10. The van der Waals surface area contributed by atoms with Crippen LogP contribution in [0.3, 0.4) is 0 Å². The maximum absolute atomic E-state index is 11.7. The Morgan fingerprint density at radius 2 is 2.26 bits per heavy atom. The largest absolute Gasteiger partial charge is 0.495 e. The molecule has 0 aliphatic carbocycles. The van der Waals surface area contributed by atoms with Crippen LogP contribution in [0.15, 0.2) is 24.3 Å². The molecule has 0 aliphatic heterocycles. The van der Waals surface area contributed by atoms with Crippen molar-refractivity contribution in [3.05, 3.63) is 24.3 Å². The van der Waals surface area contributed by atoms with Gasteiger partial charge < -0.3 is 15.4 Å². The number of ether oxygens (including phenoxy) is 1. The molecule has 0 aromatic heterocycles. The van der Waals surface area contributed by atoms with Gasteiger partial charge in [0, 0.05) is 12.3 Å². The fourth-order valence-corrected chi connectivity index (χ4v) is 1.97. The predicted molar refractivity (Wildman–Crippen MR) is 80.7 cm³/mol. The second kappa shape index (κ2) is 9.31. The minimum absolute atomic E-state index is 0.0913. The molecule has 1 amide bonds. The van der Waals surface area contributed by atoms with Crippen molar-refractivity contribution in [2.45, 2.75) is 0 Å². The second-order valence-electron chi connectivity index (χ2n) is 3.68. The number of rotatable bonds is 8. The van der Waals surface area contributed by atoms with E-state index in [1.165, 1.54) is 0 Å². The zero-order valence-electron chi connectivity index (χ0n) is 10.9. The van der Waals surface area contributed by atoms with Crippen molar-refractivity contribution in [2.24, 2.45) is 0 Å². The summed E-state index contributed by atoms with van der Waals surface area (Å²) >= 11 is 1.66. The van der Waals surface area contributed by atoms with Gasteiger partial charge in [-0.05, 0) is 12.1 Å². The van der Waals surface area contributed by atoms with Crippen molar-refractivity contribution in [1.29, 1.82) is 0 Å². The van der Waals surface area contributed by atoms with Crippen LogP contribution in [0.2, 0.25) is 0 Å². The quantitative estimate of drug-likeness (QED) is 0.560. The molecule has 0 bridgehead atoms. The van der Waals surface area contributed by atoms with Crippen LogP contribution >= 0.6 is 11.8 Å². The number of hydrogen-bond acceptors (Lipinski definition) is 4. The molecule has 19 heavy (non-hydrogen) atoms. The molecular formula is C14H18N2O2S. The fourth-order valence-electron chi connectivity index (χ4n) is 1.42. The van der Waals surface area contributed by atoms with E-state index in [4.69, 9.17) is 11.2 Å². The fraction of sp³-hybridized carbons (Fsp3) is 0.357. The Morgan fingerprint density at radius 3 is 3.00 bits per heavy atom. The third kappa shape index (κ3) is 6.18. The maximum atomic E-state index is 11.7. The zero-order chi connectivity index (χ0) is 13.9. The van der Waals surface area contributed by atoms with Gasteiger partial charge in [0.2, 0.25) is 5.91 Å². The lowest BCUT2D eigenvalue weighted by molar-refractivity contribution is -0.115. The van der Waals surface area contributed by atoms with Crippen molar-refractivity contribution in [3.63, 3.8) is 0 Å². The first-order valence-electron chi connectivity index (χ1n) is 5.92. The SMILES string of the molecule is C#CCSCCNCC(=O)Nc1ccccc1OC. The van der Waals surface area contributed by atoms with Gasteiger partial charge in [-0.2, -0.15) is 0 Å². The van der Waals surface area contributed by atoms with E-state index >= 15 is 0 Å². The van der Waals surface area contributed by atoms with Crippen molar-refractivity contribution >= 4 is 23.4 Å². The van der Waals surface area contributed by atoms with E-state index < -0.39 is 0 Å². The molecule has 0 aliphatic rings. The lowest BCUT2D eigenvalue weighted by Crippen LogP contribution is -2.29. The highest BCUT2D eigenvalue weighted by Crippen LogP contribution is 2.22. The summed E-state index contributed by atoms with van der Waals surface area (Å²) in [7, 11) is 1.58. The molecule has 2 N–H and O–H groups in total. The van der Waals surface area contributed by atoms with E-state index in [1.54, 1.807) is 31.0 Å². The van der Waals surface area contributed by atoms with E-state index in [-0.39, 0.29) is 12.5 Å². The van der Waals surface area contributed by atoms with Gasteiger partial charge in [0.25, 0.3) is 0 Å². The Morgan fingerprint density at radius 1 is 1.47 bits per heavy atom. The number of carbonyl (C=O) groups excluding carboxylic acids is 1. The molecule has 0 fully saturated rings. The molecule has 0 atom stereocenters. The first kappa shape index (κ1) is 15.4. The molecule has 1 aromatic carbocycles. The first-order chi connectivity index (χ1) is 9.27. The van der Waals surface area contributed by atoms with Crippen LogP contribution in [-0.4, -0.2) is 37.6 Å². The maximum Gasteiger partial charge on any atom is 0.238 e. The lowest BCUT2D eigenvalue weighted by atomic mass is 10.3. The summed E-state index contributed by atoms with van der Waals surface area (Å²) in [4.78, 5) is 11.7. The van der Waals surface area contributed by atoms with Crippen molar-refractivity contribution < 1.29 is 9.53 Å². The number of anilines is 1. The molecule has 0 spiro atoms. The van der Waals surface area contributed by atoms with Crippen molar-refractivity contribution in [3.8, 4) is 18.1 Å². The Labute approximate surface area is 118 Å². The van der Waals surface area contributed by atoms with Crippen LogP contribution in [-0.2, 0) is 4.79 Å². The monoisotopic (exact) mass is 278 g/mol. The summed E-state index contributed by atoms with van der Waals surface area (Å²) in [5.41, 5.74) is 0.679. The Balaban J connectivity index is 2.26. The summed E-state index contributed by atoms with van der Waals surface area (Å²) in [5, 5.41) is 5.86. The predicted octanol–water partition coefficient (Wildman–Crippen LogP) is 1.59. The van der Waals surface area contributed by atoms with Crippen LogP contribution in [0.1, 0.15) is 0 Å². The second-order valence-corrected chi connectivity index (χ2v) is 4.79. The average Bonchev–Trinajstić information content (AvgIpc) is 2.43. The first-order valence-corrected chi connectivity index (χ1v) is 7.08. The van der Waals surface area contributed by atoms with Gasteiger partial charge in [-0.15, -0.1) is 18.2 Å². The van der Waals surface area contributed by atoms with Gasteiger partial charge in [-0.25, -0.2) is 0 Å². The number of amides is 1. The Kier molecular flexibility index (Phi) is 7.56. The molecule has 0 radical (unpaired) electrons. The number of terminal acetylenes is 1. The summed E-state index contributed by atoms with van der Waals surface area (Å²) in [6, 6.07) is 7.32. The van der Waals surface area contributed by atoms with E-state index in [1.807, 2.05) is 12.1 Å². The van der Waals surface area contributed by atoms with Crippen molar-refractivity contribution in [2.75, 3.05) is 37.0 Å². The molecule has 102 valence electrons. The number of para-hydroxylation sites is 2. The number of methoxy groups -OCH3 is 1. The third-order valence-corrected chi connectivity index (χ3v) is 3.14. The number of benzene rings is 1. The molecule has 0 saturated carbocycles. The number of hydrogen-bond donors (Lipinski definition) is 2. The topological polar surface area (TPSA) is 50.4 Å². The molecule has 0 unspecified atom stereocenters. The van der Waals surface area contributed by atoms with Gasteiger partial charge in [0.15, 0.2) is 0 Å². The van der Waals surface area contributed by atoms with Crippen LogP contribution in [0.25, 0.3) is 0 Å². The van der Waals surface area contributed by atoms with Crippen LogP contribution < -0.4 is 15.4 Å². The van der Waals surface area contributed by atoms with Crippen LogP contribution in [0.4, 0.5) is 5.69 Å². The Bertz CT molecular complexity index is 443. The number of carbonyl (C=O) groups is 1. The molecule has 4 nitrogen and oxygen atoms in total. The van der Waals surface area contributed by atoms with Gasteiger partial charge in [-0.1, -0.05) is 18.1 Å². The van der Waals surface area contributed by atoms with E-state index in [9.17, 15) is 4.79 Å². The molecule has 5 heteroatoms. The highest BCUT2D eigenvalue weighted by Gasteiger charge is 2.05.